The normalized spacial score (nSPS) is 12.6. The molecule has 7 nitrogen and oxygen atoms in total. The highest BCUT2D eigenvalue weighted by molar-refractivity contribution is 5.76. The van der Waals surface area contributed by atoms with E-state index in [-0.39, 0.29) is 16.6 Å². The van der Waals surface area contributed by atoms with Gasteiger partial charge in [-0.3, -0.25) is 0 Å². The lowest BCUT2D eigenvalue weighted by molar-refractivity contribution is -0.139. The maximum atomic E-state index is 11.7. The zero-order chi connectivity index (χ0) is 27.9. The summed E-state index contributed by atoms with van der Waals surface area (Å²) in [4.78, 5) is 12.4. The average molecular weight is 516 g/mol. The van der Waals surface area contributed by atoms with Crippen LogP contribution in [0.4, 0.5) is 0 Å². The highest BCUT2D eigenvalue weighted by atomic mass is 16.5. The smallest absolute Gasteiger partial charge is 0.341 e. The van der Waals surface area contributed by atoms with Gasteiger partial charge in [0.2, 0.25) is 0 Å². The average Bonchev–Trinajstić information content (AvgIpc) is 3.25. The van der Waals surface area contributed by atoms with E-state index in [1.165, 1.54) is 4.80 Å². The van der Waals surface area contributed by atoms with Gasteiger partial charge in [0.1, 0.15) is 28.2 Å². The van der Waals surface area contributed by atoms with Crippen LogP contribution in [0, 0.1) is 5.41 Å². The van der Waals surface area contributed by atoms with Crippen molar-refractivity contribution in [3.8, 4) is 17.2 Å². The number of fused-ring (bicyclic) bond motifs is 1. The summed E-state index contributed by atoms with van der Waals surface area (Å²) in [6.45, 7) is 14.9. The van der Waals surface area contributed by atoms with Crippen molar-refractivity contribution >= 4 is 17.0 Å². The van der Waals surface area contributed by atoms with Crippen molar-refractivity contribution in [2.24, 2.45) is 5.41 Å². The van der Waals surface area contributed by atoms with E-state index in [4.69, 9.17) is 9.84 Å². The molecular formula is C31H37N3O4. The molecule has 200 valence electrons. The summed E-state index contributed by atoms with van der Waals surface area (Å²) in [5.74, 6) is -0.541. The molecule has 1 aromatic heterocycles. The number of aromatic hydroxyl groups is 1. The molecule has 0 fully saturated rings. The number of phenolic OH excluding ortho intramolecular Hbond substituents is 1. The molecule has 0 aliphatic heterocycles. The highest BCUT2D eigenvalue weighted by Gasteiger charge is 2.33. The number of carboxylic acid groups (broad SMARTS) is 1. The molecular weight excluding hydrogens is 478 g/mol. The van der Waals surface area contributed by atoms with Gasteiger partial charge in [-0.05, 0) is 46.6 Å². The van der Waals surface area contributed by atoms with E-state index < -0.39 is 18.0 Å². The number of rotatable bonds is 8. The Balaban J connectivity index is 1.90. The van der Waals surface area contributed by atoms with Crippen LogP contribution in [0.1, 0.15) is 71.6 Å². The number of hydrogen-bond acceptors (Lipinski definition) is 5. The summed E-state index contributed by atoms with van der Waals surface area (Å²) in [6, 6.07) is 19.3. The standard InChI is InChI=1S/C31H37N3O4/c1-29(2,3)19-30(4,5)21-15-23(31(6,7)20-11-9-8-10-12-20)28(37)26(16-21)34-32-24-14-13-22(17-25(24)33-34)38-18-27(35)36/h8-17,37H,18-19H2,1-7H3,(H,35,36). The van der Waals surface area contributed by atoms with Gasteiger partial charge in [0.05, 0.1) is 0 Å². The zero-order valence-corrected chi connectivity index (χ0v) is 23.2. The second kappa shape index (κ2) is 9.78. The van der Waals surface area contributed by atoms with E-state index in [2.05, 4.69) is 76.9 Å². The summed E-state index contributed by atoms with van der Waals surface area (Å²) < 4.78 is 5.31. The number of hydrogen-bond donors (Lipinski definition) is 2. The summed E-state index contributed by atoms with van der Waals surface area (Å²) in [7, 11) is 0. The second-order valence-electron chi connectivity index (χ2n) is 12.3. The number of benzene rings is 3. The minimum absolute atomic E-state index is 0.0989. The number of aromatic nitrogens is 3. The van der Waals surface area contributed by atoms with Crippen molar-refractivity contribution in [2.45, 2.75) is 65.7 Å². The van der Waals surface area contributed by atoms with Crippen LogP contribution in [0.25, 0.3) is 16.7 Å². The van der Waals surface area contributed by atoms with Gasteiger partial charge in [0, 0.05) is 17.0 Å². The molecule has 0 radical (unpaired) electrons. The Hall–Kier alpha value is -3.87. The monoisotopic (exact) mass is 515 g/mol. The lowest BCUT2D eigenvalue weighted by Crippen LogP contribution is -2.27. The molecule has 7 heteroatoms. The minimum atomic E-state index is -1.05. The molecule has 0 saturated carbocycles. The first kappa shape index (κ1) is 27.2. The van der Waals surface area contributed by atoms with Crippen molar-refractivity contribution in [3.05, 3.63) is 77.4 Å². The second-order valence-corrected chi connectivity index (χ2v) is 12.3. The maximum Gasteiger partial charge on any atom is 0.341 e. The summed E-state index contributed by atoms with van der Waals surface area (Å²) in [6.07, 6.45) is 0.939. The Bertz CT molecular complexity index is 1460. The van der Waals surface area contributed by atoms with Gasteiger partial charge in [-0.15, -0.1) is 15.0 Å². The molecule has 4 aromatic rings. The van der Waals surface area contributed by atoms with E-state index in [9.17, 15) is 9.90 Å². The molecule has 0 amide bonds. The van der Waals surface area contributed by atoms with Crippen LogP contribution >= 0.6 is 0 Å². The predicted molar refractivity (Wildman–Crippen MR) is 149 cm³/mol. The fourth-order valence-electron chi connectivity index (χ4n) is 5.31. The van der Waals surface area contributed by atoms with Crippen molar-refractivity contribution in [3.63, 3.8) is 0 Å². The number of phenols is 1. The maximum absolute atomic E-state index is 11.7. The molecule has 0 atom stereocenters. The SMILES string of the molecule is CC(C)(C)CC(C)(C)c1cc(-n2nc3ccc(OCC(=O)O)cc3n2)c(O)c(C(C)(C)c2ccccc2)c1. The third-order valence-electron chi connectivity index (χ3n) is 6.94. The summed E-state index contributed by atoms with van der Waals surface area (Å²) >= 11 is 0. The number of ether oxygens (including phenoxy) is 1. The van der Waals surface area contributed by atoms with E-state index >= 15 is 0 Å². The third-order valence-corrected chi connectivity index (χ3v) is 6.94. The molecule has 38 heavy (non-hydrogen) atoms. The lowest BCUT2D eigenvalue weighted by Gasteiger charge is -2.35. The van der Waals surface area contributed by atoms with Crippen molar-refractivity contribution in [2.75, 3.05) is 6.61 Å². The molecule has 0 spiro atoms. The van der Waals surface area contributed by atoms with Gasteiger partial charge in [-0.2, -0.15) is 0 Å². The topological polar surface area (TPSA) is 97.5 Å². The van der Waals surface area contributed by atoms with Gasteiger partial charge in [-0.1, -0.05) is 84.9 Å². The van der Waals surface area contributed by atoms with Crippen LogP contribution in [-0.2, 0) is 15.6 Å². The van der Waals surface area contributed by atoms with Crippen LogP contribution < -0.4 is 4.74 Å². The largest absolute Gasteiger partial charge is 0.505 e. The molecule has 1 heterocycles. The minimum Gasteiger partial charge on any atom is -0.505 e. The number of carbonyl (C=O) groups is 1. The van der Waals surface area contributed by atoms with E-state index in [0.717, 1.165) is 23.1 Å². The van der Waals surface area contributed by atoms with Gasteiger partial charge in [0.15, 0.2) is 6.61 Å². The fraction of sp³-hybridized carbons (Fsp3) is 0.387. The van der Waals surface area contributed by atoms with Crippen LogP contribution in [-0.4, -0.2) is 37.8 Å². The van der Waals surface area contributed by atoms with E-state index in [1.54, 1.807) is 18.2 Å². The molecule has 0 aliphatic carbocycles. The van der Waals surface area contributed by atoms with Crippen molar-refractivity contribution in [1.82, 2.24) is 15.0 Å². The first-order chi connectivity index (χ1) is 17.7. The zero-order valence-electron chi connectivity index (χ0n) is 23.2. The first-order valence-electron chi connectivity index (χ1n) is 12.8. The Morgan fingerprint density at radius 1 is 0.868 bits per heavy atom. The predicted octanol–water partition coefficient (Wildman–Crippen LogP) is 6.63. The van der Waals surface area contributed by atoms with Gasteiger partial charge < -0.3 is 14.9 Å². The molecule has 0 unspecified atom stereocenters. The van der Waals surface area contributed by atoms with Crippen LogP contribution in [0.15, 0.2) is 60.7 Å². The molecule has 3 aromatic carbocycles. The van der Waals surface area contributed by atoms with E-state index in [0.29, 0.717) is 22.5 Å². The van der Waals surface area contributed by atoms with E-state index in [1.807, 2.05) is 24.3 Å². The quantitative estimate of drug-likeness (QED) is 0.273. The van der Waals surface area contributed by atoms with Crippen molar-refractivity contribution < 1.29 is 19.7 Å². The number of carboxylic acids is 1. The third kappa shape index (κ3) is 5.67. The molecule has 0 aliphatic rings. The van der Waals surface area contributed by atoms with Crippen molar-refractivity contribution in [1.29, 1.82) is 0 Å². The first-order valence-corrected chi connectivity index (χ1v) is 12.8. The molecule has 0 saturated heterocycles. The van der Waals surface area contributed by atoms with Crippen LogP contribution in [0.5, 0.6) is 11.5 Å². The number of aliphatic carboxylic acids is 1. The van der Waals surface area contributed by atoms with Gasteiger partial charge >= 0.3 is 5.97 Å². The Morgan fingerprint density at radius 3 is 2.16 bits per heavy atom. The highest BCUT2D eigenvalue weighted by Crippen LogP contribution is 2.44. The lowest BCUT2D eigenvalue weighted by atomic mass is 9.70. The molecule has 0 bridgehead atoms. The summed E-state index contributed by atoms with van der Waals surface area (Å²) in [5.41, 5.74) is 4.03. The van der Waals surface area contributed by atoms with Crippen LogP contribution in [0.3, 0.4) is 0 Å². The Kier molecular flexibility index (Phi) is 6.99. The Labute approximate surface area is 224 Å². The molecule has 2 N–H and O–H groups in total. The van der Waals surface area contributed by atoms with Gasteiger partial charge in [0.25, 0.3) is 0 Å². The van der Waals surface area contributed by atoms with Gasteiger partial charge in [-0.25, -0.2) is 4.79 Å². The Morgan fingerprint density at radius 2 is 1.53 bits per heavy atom. The van der Waals surface area contributed by atoms with Crippen LogP contribution in [0.2, 0.25) is 0 Å². The number of nitrogens with zero attached hydrogens (tertiary/aromatic N) is 3. The molecule has 4 rings (SSSR count). The fourth-order valence-corrected chi connectivity index (χ4v) is 5.31. The summed E-state index contributed by atoms with van der Waals surface area (Å²) in [5, 5.41) is 29.9.